The highest BCUT2D eigenvalue weighted by molar-refractivity contribution is 7.17. The van der Waals surface area contributed by atoms with Gasteiger partial charge in [-0.1, -0.05) is 23.7 Å². The number of aromatic nitrogens is 1. The van der Waals surface area contributed by atoms with Crippen LogP contribution in [-0.4, -0.2) is 11.1 Å². The van der Waals surface area contributed by atoms with Crippen molar-refractivity contribution in [2.45, 2.75) is 6.54 Å². The first-order chi connectivity index (χ1) is 9.75. The van der Waals surface area contributed by atoms with Crippen LogP contribution in [0.5, 0.6) is 0 Å². The van der Waals surface area contributed by atoms with E-state index in [0.29, 0.717) is 18.1 Å². The molecular formula is C15H13ClN2OS. The number of fused-ring (bicyclic) bond motifs is 1. The van der Waals surface area contributed by atoms with Gasteiger partial charge in [-0.15, -0.1) is 11.3 Å². The van der Waals surface area contributed by atoms with E-state index < -0.39 is 0 Å². The summed E-state index contributed by atoms with van der Waals surface area (Å²) in [6, 6.07) is 11.4. The molecule has 0 aliphatic carbocycles. The van der Waals surface area contributed by atoms with Crippen molar-refractivity contribution in [2.24, 2.45) is 0 Å². The summed E-state index contributed by atoms with van der Waals surface area (Å²) in [5.74, 6) is 0. The smallest absolute Gasteiger partial charge is 0.259 e. The Balaban J connectivity index is 1.73. The third-order valence-corrected chi connectivity index (χ3v) is 4.35. The molecule has 0 fully saturated rings. The van der Waals surface area contributed by atoms with Gasteiger partial charge >= 0.3 is 0 Å². The molecular weight excluding hydrogens is 292 g/mol. The Bertz CT molecular complexity index is 794. The van der Waals surface area contributed by atoms with Crippen LogP contribution >= 0.6 is 22.9 Å². The molecule has 0 aliphatic heterocycles. The Morgan fingerprint density at radius 1 is 1.20 bits per heavy atom. The molecule has 0 atom stereocenters. The Labute approximate surface area is 125 Å². The zero-order valence-corrected chi connectivity index (χ0v) is 12.2. The fourth-order valence-electron chi connectivity index (χ4n) is 2.10. The number of thiophene rings is 1. The van der Waals surface area contributed by atoms with Crippen molar-refractivity contribution >= 4 is 38.7 Å². The molecule has 2 heterocycles. The summed E-state index contributed by atoms with van der Waals surface area (Å²) in [6.07, 6.45) is 1.84. The summed E-state index contributed by atoms with van der Waals surface area (Å²) in [5.41, 5.74) is 0.948. The van der Waals surface area contributed by atoms with Gasteiger partial charge in [0.05, 0.1) is 16.1 Å². The molecule has 1 aromatic carbocycles. The van der Waals surface area contributed by atoms with E-state index in [0.717, 1.165) is 15.8 Å². The van der Waals surface area contributed by atoms with Crippen LogP contribution < -0.4 is 10.9 Å². The second-order valence-corrected chi connectivity index (χ2v) is 5.77. The molecule has 0 aliphatic rings. The lowest BCUT2D eigenvalue weighted by molar-refractivity contribution is 0.704. The molecule has 2 aromatic heterocycles. The first kappa shape index (κ1) is 13.2. The number of hydrogen-bond acceptors (Lipinski definition) is 3. The molecule has 0 radical (unpaired) electrons. The van der Waals surface area contributed by atoms with Gasteiger partial charge < -0.3 is 9.88 Å². The van der Waals surface area contributed by atoms with Gasteiger partial charge in [0.15, 0.2) is 0 Å². The number of nitrogens with zero attached hydrogens (tertiary/aromatic N) is 1. The summed E-state index contributed by atoms with van der Waals surface area (Å²) in [4.78, 5) is 12.2. The quantitative estimate of drug-likeness (QED) is 0.795. The molecule has 20 heavy (non-hydrogen) atoms. The van der Waals surface area contributed by atoms with Crippen molar-refractivity contribution in [3.05, 3.63) is 63.4 Å². The highest BCUT2D eigenvalue weighted by Crippen LogP contribution is 2.20. The first-order valence-electron chi connectivity index (χ1n) is 6.31. The van der Waals surface area contributed by atoms with Gasteiger partial charge in [-0.25, -0.2) is 0 Å². The highest BCUT2D eigenvalue weighted by atomic mass is 35.5. The maximum absolute atomic E-state index is 12.2. The third kappa shape index (κ3) is 2.57. The lowest BCUT2D eigenvalue weighted by Gasteiger charge is -2.09. The summed E-state index contributed by atoms with van der Waals surface area (Å²) in [6.45, 7) is 1.26. The fraction of sp³-hybridized carbons (Fsp3) is 0.133. The van der Waals surface area contributed by atoms with Gasteiger partial charge in [-0.2, -0.15) is 0 Å². The SMILES string of the molecule is O=c1c2ccsc2ccn1CCNc1ccccc1Cl. The molecule has 3 aromatic rings. The number of para-hydroxylation sites is 1. The largest absolute Gasteiger partial charge is 0.382 e. The highest BCUT2D eigenvalue weighted by Gasteiger charge is 2.03. The Kier molecular flexibility index (Phi) is 3.76. The van der Waals surface area contributed by atoms with Gasteiger partial charge in [0.2, 0.25) is 0 Å². The number of hydrogen-bond donors (Lipinski definition) is 1. The van der Waals surface area contributed by atoms with Gasteiger partial charge in [0.1, 0.15) is 0 Å². The van der Waals surface area contributed by atoms with Crippen LogP contribution in [0.4, 0.5) is 5.69 Å². The van der Waals surface area contributed by atoms with Crippen LogP contribution in [0.1, 0.15) is 0 Å². The second kappa shape index (κ2) is 5.69. The lowest BCUT2D eigenvalue weighted by atomic mass is 10.3. The predicted octanol–water partition coefficient (Wildman–Crippen LogP) is 3.83. The van der Waals surface area contributed by atoms with E-state index in [4.69, 9.17) is 11.6 Å². The van der Waals surface area contributed by atoms with E-state index in [1.54, 1.807) is 15.9 Å². The molecule has 3 rings (SSSR count). The molecule has 3 nitrogen and oxygen atoms in total. The number of nitrogens with one attached hydrogen (secondary N) is 1. The molecule has 5 heteroatoms. The molecule has 0 spiro atoms. The molecule has 1 N–H and O–H groups in total. The van der Waals surface area contributed by atoms with Crippen molar-refractivity contribution in [1.82, 2.24) is 4.57 Å². The van der Waals surface area contributed by atoms with E-state index in [1.165, 1.54) is 0 Å². The summed E-state index contributed by atoms with van der Waals surface area (Å²) < 4.78 is 2.75. The van der Waals surface area contributed by atoms with Gasteiger partial charge in [0, 0.05) is 24.0 Å². The maximum atomic E-state index is 12.2. The number of anilines is 1. The molecule has 0 bridgehead atoms. The van der Waals surface area contributed by atoms with Crippen molar-refractivity contribution in [1.29, 1.82) is 0 Å². The van der Waals surface area contributed by atoms with Crippen LogP contribution in [0.15, 0.2) is 52.8 Å². The monoisotopic (exact) mass is 304 g/mol. The number of pyridine rings is 1. The standard InChI is InChI=1S/C15H13ClN2OS/c16-12-3-1-2-4-13(12)17-7-9-18-8-5-14-11(15(18)19)6-10-20-14/h1-6,8,10,17H,7,9H2. The van der Waals surface area contributed by atoms with E-state index >= 15 is 0 Å². The first-order valence-corrected chi connectivity index (χ1v) is 7.56. The lowest BCUT2D eigenvalue weighted by Crippen LogP contribution is -2.22. The average molecular weight is 305 g/mol. The zero-order valence-electron chi connectivity index (χ0n) is 10.7. The Hall–Kier alpha value is -1.78. The van der Waals surface area contributed by atoms with Crippen LogP contribution in [-0.2, 0) is 6.54 Å². The van der Waals surface area contributed by atoms with Crippen molar-refractivity contribution in [3.8, 4) is 0 Å². The molecule has 0 unspecified atom stereocenters. The summed E-state index contributed by atoms with van der Waals surface area (Å²) >= 11 is 7.66. The van der Waals surface area contributed by atoms with Gasteiger partial charge in [-0.3, -0.25) is 4.79 Å². The van der Waals surface area contributed by atoms with Crippen LogP contribution in [0, 0.1) is 0 Å². The Morgan fingerprint density at radius 2 is 2.05 bits per heavy atom. The fourth-order valence-corrected chi connectivity index (χ4v) is 3.07. The number of halogens is 1. The van der Waals surface area contributed by atoms with E-state index in [-0.39, 0.29) is 5.56 Å². The zero-order chi connectivity index (χ0) is 13.9. The number of rotatable bonds is 4. The second-order valence-electron chi connectivity index (χ2n) is 4.42. The minimum absolute atomic E-state index is 0.0599. The van der Waals surface area contributed by atoms with E-state index in [1.807, 2.05) is 48.0 Å². The van der Waals surface area contributed by atoms with E-state index in [2.05, 4.69) is 5.32 Å². The summed E-state index contributed by atoms with van der Waals surface area (Å²) in [7, 11) is 0. The predicted molar refractivity (Wildman–Crippen MR) is 86.0 cm³/mol. The van der Waals surface area contributed by atoms with Crippen molar-refractivity contribution in [2.75, 3.05) is 11.9 Å². The molecule has 0 saturated heterocycles. The third-order valence-electron chi connectivity index (χ3n) is 3.13. The minimum Gasteiger partial charge on any atom is -0.382 e. The molecule has 0 amide bonds. The van der Waals surface area contributed by atoms with Gasteiger partial charge in [-0.05, 0) is 29.6 Å². The Morgan fingerprint density at radius 3 is 2.90 bits per heavy atom. The topological polar surface area (TPSA) is 34.0 Å². The van der Waals surface area contributed by atoms with E-state index in [9.17, 15) is 4.79 Å². The summed E-state index contributed by atoms with van der Waals surface area (Å²) in [5, 5.41) is 6.66. The van der Waals surface area contributed by atoms with Crippen LogP contribution in [0.25, 0.3) is 10.1 Å². The molecule has 102 valence electrons. The van der Waals surface area contributed by atoms with Crippen LogP contribution in [0.2, 0.25) is 5.02 Å². The van der Waals surface area contributed by atoms with Crippen molar-refractivity contribution < 1.29 is 0 Å². The average Bonchev–Trinajstić information content (AvgIpc) is 2.93. The minimum atomic E-state index is 0.0599. The van der Waals surface area contributed by atoms with Crippen molar-refractivity contribution in [3.63, 3.8) is 0 Å². The molecule has 0 saturated carbocycles. The normalized spacial score (nSPS) is 10.8. The maximum Gasteiger partial charge on any atom is 0.259 e. The number of benzene rings is 1. The van der Waals surface area contributed by atoms with Gasteiger partial charge in [0.25, 0.3) is 5.56 Å². The van der Waals surface area contributed by atoms with Crippen LogP contribution in [0.3, 0.4) is 0 Å².